The fourth-order valence-electron chi connectivity index (χ4n) is 1.94. The second-order valence-corrected chi connectivity index (χ2v) is 5.27. The first kappa shape index (κ1) is 14.6. The summed E-state index contributed by atoms with van der Waals surface area (Å²) in [6.07, 6.45) is 5.96. The van der Waals surface area contributed by atoms with E-state index in [0.717, 1.165) is 32.2 Å². The highest BCUT2D eigenvalue weighted by Crippen LogP contribution is 2.18. The van der Waals surface area contributed by atoms with Crippen molar-refractivity contribution in [3.05, 3.63) is 17.5 Å². The third kappa shape index (κ3) is 4.08. The Labute approximate surface area is 118 Å². The number of hydrogen-bond acceptors (Lipinski definition) is 3. The van der Waals surface area contributed by atoms with Crippen LogP contribution in [0.1, 0.15) is 48.7 Å². The number of carbonyl (C=O) groups excluding carboxylic acids is 2. The summed E-state index contributed by atoms with van der Waals surface area (Å²) in [6, 6.07) is 0.318. The molecule has 6 heteroatoms. The Morgan fingerprint density at radius 2 is 2.20 bits per heavy atom. The summed E-state index contributed by atoms with van der Waals surface area (Å²) < 4.78 is 1.79. The van der Waals surface area contributed by atoms with Gasteiger partial charge in [0.1, 0.15) is 0 Å². The minimum Gasteiger partial charge on any atom is -0.352 e. The van der Waals surface area contributed by atoms with Gasteiger partial charge in [0, 0.05) is 18.8 Å². The van der Waals surface area contributed by atoms with Gasteiger partial charge in [-0.15, -0.1) is 0 Å². The maximum Gasteiger partial charge on any atom is 0.255 e. The molecule has 0 aliphatic heterocycles. The first-order chi connectivity index (χ1) is 9.60. The largest absolute Gasteiger partial charge is 0.352 e. The SMILES string of the molecule is CCCCn1cc(C(=O)NCC(=O)NC2CC2)c(C)n1. The molecule has 0 radical (unpaired) electrons. The van der Waals surface area contributed by atoms with Crippen molar-refractivity contribution >= 4 is 11.8 Å². The second-order valence-electron chi connectivity index (χ2n) is 5.27. The molecule has 0 spiro atoms. The minimum atomic E-state index is -0.240. The standard InChI is InChI=1S/C14H22N4O2/c1-3-4-7-18-9-12(10(2)17-18)14(20)15-8-13(19)16-11-5-6-11/h9,11H,3-8H2,1-2H3,(H,15,20)(H,16,19). The molecule has 1 saturated carbocycles. The van der Waals surface area contributed by atoms with Crippen LogP contribution in [-0.4, -0.2) is 34.2 Å². The quantitative estimate of drug-likeness (QED) is 0.781. The summed E-state index contributed by atoms with van der Waals surface area (Å²) in [5.41, 5.74) is 1.24. The van der Waals surface area contributed by atoms with Crippen molar-refractivity contribution in [3.8, 4) is 0 Å². The molecule has 2 amide bonds. The number of aryl methyl sites for hydroxylation is 2. The Morgan fingerprint density at radius 1 is 1.45 bits per heavy atom. The van der Waals surface area contributed by atoms with Crippen LogP contribution in [0.15, 0.2) is 6.20 Å². The normalized spacial score (nSPS) is 14.1. The topological polar surface area (TPSA) is 76.0 Å². The number of unbranched alkanes of at least 4 members (excludes halogenated alkanes) is 1. The van der Waals surface area contributed by atoms with E-state index in [4.69, 9.17) is 0 Å². The molecule has 1 aliphatic carbocycles. The lowest BCUT2D eigenvalue weighted by molar-refractivity contribution is -0.120. The van der Waals surface area contributed by atoms with Crippen molar-refractivity contribution < 1.29 is 9.59 Å². The fourth-order valence-corrected chi connectivity index (χ4v) is 1.94. The van der Waals surface area contributed by atoms with Crippen molar-refractivity contribution in [3.63, 3.8) is 0 Å². The second kappa shape index (κ2) is 6.54. The lowest BCUT2D eigenvalue weighted by Gasteiger charge is -2.05. The van der Waals surface area contributed by atoms with E-state index in [1.54, 1.807) is 10.9 Å². The lowest BCUT2D eigenvalue weighted by Crippen LogP contribution is -2.37. The van der Waals surface area contributed by atoms with Crippen molar-refractivity contribution in [2.24, 2.45) is 0 Å². The maximum absolute atomic E-state index is 12.0. The van der Waals surface area contributed by atoms with Crippen molar-refractivity contribution in [2.75, 3.05) is 6.54 Å². The van der Waals surface area contributed by atoms with Crippen LogP contribution in [0, 0.1) is 6.92 Å². The van der Waals surface area contributed by atoms with Crippen LogP contribution in [0.25, 0.3) is 0 Å². The lowest BCUT2D eigenvalue weighted by atomic mass is 10.2. The number of aromatic nitrogens is 2. The summed E-state index contributed by atoms with van der Waals surface area (Å²) in [5.74, 6) is -0.368. The molecule has 0 atom stereocenters. The molecule has 0 saturated heterocycles. The van der Waals surface area contributed by atoms with E-state index in [1.807, 2.05) is 6.92 Å². The van der Waals surface area contributed by atoms with Crippen LogP contribution in [0.4, 0.5) is 0 Å². The van der Waals surface area contributed by atoms with E-state index >= 15 is 0 Å². The molecule has 1 aliphatic rings. The highest BCUT2D eigenvalue weighted by Gasteiger charge is 2.23. The Bertz CT molecular complexity index is 491. The third-order valence-corrected chi connectivity index (χ3v) is 3.28. The molecule has 2 N–H and O–H groups in total. The Hall–Kier alpha value is -1.85. The number of amides is 2. The van der Waals surface area contributed by atoms with E-state index < -0.39 is 0 Å². The van der Waals surface area contributed by atoms with Crippen LogP contribution in [-0.2, 0) is 11.3 Å². The molecule has 20 heavy (non-hydrogen) atoms. The molecule has 1 heterocycles. The van der Waals surface area contributed by atoms with E-state index in [1.165, 1.54) is 0 Å². The summed E-state index contributed by atoms with van der Waals surface area (Å²) in [4.78, 5) is 23.5. The van der Waals surface area contributed by atoms with Crippen molar-refractivity contribution in [2.45, 2.75) is 52.1 Å². The summed E-state index contributed by atoms with van der Waals surface area (Å²) in [5, 5.41) is 9.78. The number of rotatable bonds is 7. The molecule has 6 nitrogen and oxygen atoms in total. The number of nitrogens with zero attached hydrogens (tertiary/aromatic N) is 2. The van der Waals surface area contributed by atoms with Gasteiger partial charge in [-0.05, 0) is 26.2 Å². The predicted octanol–water partition coefficient (Wildman–Crippen LogP) is 1.00. The van der Waals surface area contributed by atoms with Gasteiger partial charge in [-0.1, -0.05) is 13.3 Å². The zero-order chi connectivity index (χ0) is 14.5. The summed E-state index contributed by atoms with van der Waals surface area (Å²) in [7, 11) is 0. The molecule has 110 valence electrons. The van der Waals surface area contributed by atoms with Gasteiger partial charge in [0.2, 0.25) is 5.91 Å². The van der Waals surface area contributed by atoms with Crippen LogP contribution >= 0.6 is 0 Å². The third-order valence-electron chi connectivity index (χ3n) is 3.28. The fraction of sp³-hybridized carbons (Fsp3) is 0.643. The first-order valence-electron chi connectivity index (χ1n) is 7.21. The number of hydrogen-bond donors (Lipinski definition) is 2. The van der Waals surface area contributed by atoms with Gasteiger partial charge in [-0.25, -0.2) is 0 Å². The summed E-state index contributed by atoms with van der Waals surface area (Å²) in [6.45, 7) is 4.76. The van der Waals surface area contributed by atoms with Gasteiger partial charge in [0.05, 0.1) is 17.8 Å². The molecule has 1 aromatic heterocycles. The van der Waals surface area contributed by atoms with Gasteiger partial charge in [-0.3, -0.25) is 14.3 Å². The Morgan fingerprint density at radius 3 is 2.85 bits per heavy atom. The van der Waals surface area contributed by atoms with Gasteiger partial charge in [0.15, 0.2) is 0 Å². The average Bonchev–Trinajstić information content (AvgIpc) is 3.15. The highest BCUT2D eigenvalue weighted by atomic mass is 16.2. The number of nitrogens with one attached hydrogen (secondary N) is 2. The smallest absolute Gasteiger partial charge is 0.255 e. The van der Waals surface area contributed by atoms with Gasteiger partial charge >= 0.3 is 0 Å². The van der Waals surface area contributed by atoms with E-state index in [9.17, 15) is 9.59 Å². The van der Waals surface area contributed by atoms with Crippen molar-refractivity contribution in [1.82, 2.24) is 20.4 Å². The van der Waals surface area contributed by atoms with Gasteiger partial charge in [-0.2, -0.15) is 5.10 Å². The van der Waals surface area contributed by atoms with E-state index in [-0.39, 0.29) is 18.4 Å². The van der Waals surface area contributed by atoms with Crippen LogP contribution in [0.2, 0.25) is 0 Å². The molecule has 2 rings (SSSR count). The molecular formula is C14H22N4O2. The Balaban J connectivity index is 1.84. The van der Waals surface area contributed by atoms with Crippen LogP contribution < -0.4 is 10.6 Å². The highest BCUT2D eigenvalue weighted by molar-refractivity contribution is 5.97. The molecule has 1 fully saturated rings. The van der Waals surface area contributed by atoms with E-state index in [2.05, 4.69) is 22.7 Å². The predicted molar refractivity (Wildman–Crippen MR) is 75.4 cm³/mol. The molecule has 0 unspecified atom stereocenters. The molecule has 1 aromatic rings. The molecule has 0 aromatic carbocycles. The average molecular weight is 278 g/mol. The Kier molecular flexibility index (Phi) is 4.76. The molecule has 0 bridgehead atoms. The maximum atomic E-state index is 12.0. The van der Waals surface area contributed by atoms with E-state index in [0.29, 0.717) is 17.3 Å². The van der Waals surface area contributed by atoms with Gasteiger partial charge < -0.3 is 10.6 Å². The number of carbonyl (C=O) groups is 2. The first-order valence-corrected chi connectivity index (χ1v) is 7.21. The van der Waals surface area contributed by atoms with Gasteiger partial charge in [0.25, 0.3) is 5.91 Å². The van der Waals surface area contributed by atoms with Crippen LogP contribution in [0.3, 0.4) is 0 Å². The van der Waals surface area contributed by atoms with Crippen molar-refractivity contribution in [1.29, 1.82) is 0 Å². The summed E-state index contributed by atoms with van der Waals surface area (Å²) >= 11 is 0. The minimum absolute atomic E-state index is 0.0227. The molecular weight excluding hydrogens is 256 g/mol. The monoisotopic (exact) mass is 278 g/mol. The zero-order valence-electron chi connectivity index (χ0n) is 12.1. The van der Waals surface area contributed by atoms with Crippen LogP contribution in [0.5, 0.6) is 0 Å². The zero-order valence-corrected chi connectivity index (χ0v) is 12.1.